The second kappa shape index (κ2) is 6.73. The standard InChI is InChI=1S/C19H22N2O3/c1-11-14(19(20)24)8-7-13(9-12-5-3-2-4-6-12)16(11)17-18(23)15(22)10-21-17/h2-8,15,17-18,21-23H,9-10H2,1H3,(H2,20,24). The van der Waals surface area contributed by atoms with Gasteiger partial charge in [-0.15, -0.1) is 0 Å². The molecule has 0 aliphatic carbocycles. The Balaban J connectivity index is 2.08. The summed E-state index contributed by atoms with van der Waals surface area (Å²) in [5.74, 6) is -0.493. The number of nitrogens with two attached hydrogens (primary N) is 1. The number of primary amides is 1. The normalized spacial score (nSPS) is 23.4. The first-order chi connectivity index (χ1) is 11.5. The van der Waals surface area contributed by atoms with Crippen molar-refractivity contribution >= 4 is 5.91 Å². The van der Waals surface area contributed by atoms with Crippen LogP contribution in [0.5, 0.6) is 0 Å². The molecule has 2 aromatic carbocycles. The highest BCUT2D eigenvalue weighted by Gasteiger charge is 2.36. The predicted molar refractivity (Wildman–Crippen MR) is 91.7 cm³/mol. The van der Waals surface area contributed by atoms with E-state index in [0.717, 1.165) is 22.3 Å². The van der Waals surface area contributed by atoms with Crippen molar-refractivity contribution in [2.45, 2.75) is 31.6 Å². The van der Waals surface area contributed by atoms with Crippen LogP contribution in [0.2, 0.25) is 0 Å². The minimum atomic E-state index is -0.915. The van der Waals surface area contributed by atoms with E-state index in [4.69, 9.17) is 5.73 Å². The van der Waals surface area contributed by atoms with Crippen LogP contribution in [0.15, 0.2) is 42.5 Å². The van der Waals surface area contributed by atoms with E-state index >= 15 is 0 Å². The Bertz CT molecular complexity index is 746. The average molecular weight is 326 g/mol. The molecular formula is C19H22N2O3. The first kappa shape index (κ1) is 16.6. The third kappa shape index (κ3) is 3.06. The van der Waals surface area contributed by atoms with Gasteiger partial charge in [-0.3, -0.25) is 4.79 Å². The Morgan fingerprint density at radius 3 is 2.50 bits per heavy atom. The topological polar surface area (TPSA) is 95.6 Å². The van der Waals surface area contributed by atoms with Gasteiger partial charge in [0, 0.05) is 12.1 Å². The van der Waals surface area contributed by atoms with Gasteiger partial charge in [0.25, 0.3) is 0 Å². The van der Waals surface area contributed by atoms with Crippen molar-refractivity contribution in [3.05, 3.63) is 70.3 Å². The molecule has 1 saturated heterocycles. The van der Waals surface area contributed by atoms with Gasteiger partial charge in [-0.25, -0.2) is 0 Å². The fraction of sp³-hybridized carbons (Fsp3) is 0.316. The lowest BCUT2D eigenvalue weighted by atomic mass is 9.87. The van der Waals surface area contributed by atoms with Crippen LogP contribution < -0.4 is 11.1 Å². The van der Waals surface area contributed by atoms with Crippen molar-refractivity contribution in [2.75, 3.05) is 6.54 Å². The van der Waals surface area contributed by atoms with Gasteiger partial charge >= 0.3 is 0 Å². The molecule has 5 heteroatoms. The minimum Gasteiger partial charge on any atom is -0.389 e. The van der Waals surface area contributed by atoms with Crippen LogP contribution in [-0.2, 0) is 6.42 Å². The summed E-state index contributed by atoms with van der Waals surface area (Å²) in [7, 11) is 0. The van der Waals surface area contributed by atoms with Crippen molar-refractivity contribution in [2.24, 2.45) is 5.73 Å². The first-order valence-electron chi connectivity index (χ1n) is 8.04. The third-order valence-electron chi connectivity index (χ3n) is 4.70. The Morgan fingerprint density at radius 2 is 1.92 bits per heavy atom. The van der Waals surface area contributed by atoms with Gasteiger partial charge in [0.1, 0.15) is 6.10 Å². The highest BCUT2D eigenvalue weighted by Crippen LogP contribution is 2.32. The van der Waals surface area contributed by atoms with Crippen LogP contribution in [0.3, 0.4) is 0 Å². The van der Waals surface area contributed by atoms with Crippen molar-refractivity contribution in [3.63, 3.8) is 0 Å². The average Bonchev–Trinajstić information content (AvgIpc) is 2.88. The summed E-state index contributed by atoms with van der Waals surface area (Å²) >= 11 is 0. The number of aliphatic hydroxyl groups is 2. The summed E-state index contributed by atoms with van der Waals surface area (Å²) in [5, 5.41) is 23.4. The Morgan fingerprint density at radius 1 is 1.21 bits per heavy atom. The van der Waals surface area contributed by atoms with E-state index in [1.807, 2.05) is 43.3 Å². The van der Waals surface area contributed by atoms with Crippen LogP contribution in [0.4, 0.5) is 0 Å². The molecule has 2 aromatic rings. The SMILES string of the molecule is Cc1c(C(N)=O)ccc(Cc2ccccc2)c1C1NCC(O)C1O. The van der Waals surface area contributed by atoms with Gasteiger partial charge in [-0.05, 0) is 41.7 Å². The molecule has 0 saturated carbocycles. The highest BCUT2D eigenvalue weighted by molar-refractivity contribution is 5.94. The quantitative estimate of drug-likeness (QED) is 0.675. The lowest BCUT2D eigenvalue weighted by Crippen LogP contribution is -2.28. The molecule has 5 N–H and O–H groups in total. The molecule has 1 heterocycles. The molecule has 24 heavy (non-hydrogen) atoms. The van der Waals surface area contributed by atoms with E-state index in [1.165, 1.54) is 0 Å². The number of rotatable bonds is 4. The lowest BCUT2D eigenvalue weighted by Gasteiger charge is -2.23. The van der Waals surface area contributed by atoms with Crippen molar-refractivity contribution < 1.29 is 15.0 Å². The molecule has 3 atom stereocenters. The van der Waals surface area contributed by atoms with E-state index < -0.39 is 24.2 Å². The molecule has 5 nitrogen and oxygen atoms in total. The second-order valence-corrected chi connectivity index (χ2v) is 6.28. The number of nitrogens with one attached hydrogen (secondary N) is 1. The summed E-state index contributed by atoms with van der Waals surface area (Å²) in [6.07, 6.45) is -1.06. The molecule has 0 aromatic heterocycles. The molecule has 1 amide bonds. The number of aliphatic hydroxyl groups excluding tert-OH is 2. The van der Waals surface area contributed by atoms with Gasteiger partial charge in [-0.1, -0.05) is 36.4 Å². The second-order valence-electron chi connectivity index (χ2n) is 6.28. The maximum absolute atomic E-state index is 11.7. The number of β-amino-alcohol motifs (C(OH)–C–C–N with tert-alkyl or cyclic N) is 1. The smallest absolute Gasteiger partial charge is 0.248 e. The Kier molecular flexibility index (Phi) is 4.66. The van der Waals surface area contributed by atoms with Gasteiger partial charge in [0.15, 0.2) is 0 Å². The van der Waals surface area contributed by atoms with E-state index in [1.54, 1.807) is 6.07 Å². The number of benzene rings is 2. The van der Waals surface area contributed by atoms with Crippen molar-refractivity contribution in [1.82, 2.24) is 5.32 Å². The predicted octanol–water partition coefficient (Wildman–Crippen LogP) is 1.05. The maximum atomic E-state index is 11.7. The molecule has 3 rings (SSSR count). The molecule has 126 valence electrons. The van der Waals surface area contributed by atoms with E-state index in [0.29, 0.717) is 18.5 Å². The molecule has 3 unspecified atom stereocenters. The fourth-order valence-corrected chi connectivity index (χ4v) is 3.44. The monoisotopic (exact) mass is 326 g/mol. The zero-order valence-corrected chi connectivity index (χ0v) is 13.6. The van der Waals surface area contributed by atoms with Gasteiger partial charge in [-0.2, -0.15) is 0 Å². The molecule has 0 radical (unpaired) electrons. The summed E-state index contributed by atoms with van der Waals surface area (Å²) in [6, 6.07) is 13.2. The first-order valence-corrected chi connectivity index (χ1v) is 8.04. The Hall–Kier alpha value is -2.21. The lowest BCUT2D eigenvalue weighted by molar-refractivity contribution is 0.0402. The van der Waals surface area contributed by atoms with E-state index in [2.05, 4.69) is 5.32 Å². The van der Waals surface area contributed by atoms with Gasteiger partial charge in [0.2, 0.25) is 5.91 Å². The van der Waals surface area contributed by atoms with Crippen LogP contribution in [-0.4, -0.2) is 34.9 Å². The number of carbonyl (C=O) groups is 1. The van der Waals surface area contributed by atoms with Crippen LogP contribution >= 0.6 is 0 Å². The summed E-state index contributed by atoms with van der Waals surface area (Å²) < 4.78 is 0. The largest absolute Gasteiger partial charge is 0.389 e. The van der Waals surface area contributed by atoms with Crippen molar-refractivity contribution in [1.29, 1.82) is 0 Å². The number of hydrogen-bond acceptors (Lipinski definition) is 4. The van der Waals surface area contributed by atoms with Crippen LogP contribution in [0.25, 0.3) is 0 Å². The van der Waals surface area contributed by atoms with Gasteiger partial charge < -0.3 is 21.3 Å². The molecule has 1 aliphatic rings. The third-order valence-corrected chi connectivity index (χ3v) is 4.70. The Labute approximate surface area is 141 Å². The minimum absolute atomic E-state index is 0.316. The zero-order chi connectivity index (χ0) is 17.3. The molecule has 0 bridgehead atoms. The summed E-state index contributed by atoms with van der Waals surface area (Å²) in [5.41, 5.74) is 9.66. The zero-order valence-electron chi connectivity index (χ0n) is 13.6. The van der Waals surface area contributed by atoms with Crippen molar-refractivity contribution in [3.8, 4) is 0 Å². The summed E-state index contributed by atoms with van der Waals surface area (Å²) in [6.45, 7) is 2.15. The number of carbonyl (C=O) groups excluding carboxylic acids is 1. The van der Waals surface area contributed by atoms with Gasteiger partial charge in [0.05, 0.1) is 12.1 Å². The van der Waals surface area contributed by atoms with Crippen LogP contribution in [0, 0.1) is 6.92 Å². The van der Waals surface area contributed by atoms with E-state index in [-0.39, 0.29) is 0 Å². The highest BCUT2D eigenvalue weighted by atomic mass is 16.3. The molecule has 0 spiro atoms. The van der Waals surface area contributed by atoms with Crippen LogP contribution in [0.1, 0.15) is 38.7 Å². The summed E-state index contributed by atoms with van der Waals surface area (Å²) in [4.78, 5) is 11.7. The maximum Gasteiger partial charge on any atom is 0.248 e. The number of hydrogen-bond donors (Lipinski definition) is 4. The fourth-order valence-electron chi connectivity index (χ4n) is 3.44. The molecular weight excluding hydrogens is 304 g/mol. The number of amides is 1. The van der Waals surface area contributed by atoms with E-state index in [9.17, 15) is 15.0 Å². The molecule has 1 fully saturated rings. The molecule has 1 aliphatic heterocycles.